The zero-order valence-corrected chi connectivity index (χ0v) is 11.2. The van der Waals surface area contributed by atoms with Gasteiger partial charge in [-0.1, -0.05) is 12.1 Å². The lowest BCUT2D eigenvalue weighted by atomic mass is 10.2. The zero-order valence-electron chi connectivity index (χ0n) is 10.4. The number of amides is 1. The number of rotatable bonds is 5. The summed E-state index contributed by atoms with van der Waals surface area (Å²) in [7, 11) is 0. The van der Waals surface area contributed by atoms with E-state index in [1.807, 2.05) is 0 Å². The number of carboxylic acids is 1. The van der Waals surface area contributed by atoms with Crippen molar-refractivity contribution >= 4 is 29.3 Å². The number of nitrogens with zero attached hydrogens (tertiary/aromatic N) is 1. The van der Waals surface area contributed by atoms with Crippen LogP contribution in [0.2, 0.25) is 0 Å². The number of nitrogens with one attached hydrogen (secondary N) is 1. The Balaban J connectivity index is 2.03. The Bertz CT molecular complexity index is 609. The molecule has 6 heteroatoms. The number of hydrogen-bond donors (Lipinski definition) is 2. The highest BCUT2D eigenvalue weighted by atomic mass is 32.1. The molecule has 0 saturated carbocycles. The molecule has 0 aliphatic carbocycles. The van der Waals surface area contributed by atoms with E-state index in [9.17, 15) is 9.59 Å². The van der Waals surface area contributed by atoms with Crippen molar-refractivity contribution in [3.63, 3.8) is 0 Å². The third-order valence-corrected chi connectivity index (χ3v) is 3.41. The second kappa shape index (κ2) is 6.63. The fourth-order valence-electron chi connectivity index (χ4n) is 1.55. The molecule has 0 saturated heterocycles. The van der Waals surface area contributed by atoms with Crippen LogP contribution in [0.3, 0.4) is 0 Å². The van der Waals surface area contributed by atoms with E-state index < -0.39 is 17.9 Å². The molecular formula is C14H12N2O3S. The summed E-state index contributed by atoms with van der Waals surface area (Å²) in [6.45, 7) is 0. The number of carbonyl (C=O) groups excluding carboxylic acids is 1. The van der Waals surface area contributed by atoms with Crippen LogP contribution in [-0.4, -0.2) is 22.0 Å². The third-order valence-electron chi connectivity index (χ3n) is 2.47. The zero-order chi connectivity index (χ0) is 14.4. The second-order valence-corrected chi connectivity index (χ2v) is 4.89. The molecule has 0 fully saturated rings. The highest BCUT2D eigenvalue weighted by Crippen LogP contribution is 2.19. The fourth-order valence-corrected chi connectivity index (χ4v) is 2.31. The molecule has 1 unspecified atom stereocenters. The minimum absolute atomic E-state index is 0.463. The lowest BCUT2D eigenvalue weighted by Crippen LogP contribution is -2.31. The smallest absolute Gasteiger partial charge is 0.331 e. The van der Waals surface area contributed by atoms with Gasteiger partial charge in [-0.05, 0) is 29.2 Å². The van der Waals surface area contributed by atoms with Gasteiger partial charge in [0, 0.05) is 23.3 Å². The van der Waals surface area contributed by atoms with Crippen molar-refractivity contribution in [2.75, 3.05) is 0 Å². The van der Waals surface area contributed by atoms with Gasteiger partial charge in [0.25, 0.3) is 0 Å². The molecular weight excluding hydrogens is 276 g/mol. The second-order valence-electron chi connectivity index (χ2n) is 3.91. The van der Waals surface area contributed by atoms with Gasteiger partial charge >= 0.3 is 5.97 Å². The predicted molar refractivity (Wildman–Crippen MR) is 76.1 cm³/mol. The first-order valence-electron chi connectivity index (χ1n) is 5.81. The number of carbonyl (C=O) groups is 2. The van der Waals surface area contributed by atoms with Gasteiger partial charge in [-0.2, -0.15) is 0 Å². The van der Waals surface area contributed by atoms with Crippen molar-refractivity contribution < 1.29 is 14.7 Å². The van der Waals surface area contributed by atoms with E-state index in [1.165, 1.54) is 17.4 Å². The van der Waals surface area contributed by atoms with Crippen LogP contribution in [0, 0.1) is 0 Å². The van der Waals surface area contributed by atoms with Crippen LogP contribution in [-0.2, 0) is 9.59 Å². The van der Waals surface area contributed by atoms with E-state index in [-0.39, 0.29) is 0 Å². The molecule has 1 amide bonds. The normalized spacial score (nSPS) is 12.2. The maximum Gasteiger partial charge on any atom is 0.331 e. The van der Waals surface area contributed by atoms with E-state index in [1.54, 1.807) is 48.1 Å². The van der Waals surface area contributed by atoms with E-state index in [2.05, 4.69) is 10.3 Å². The van der Waals surface area contributed by atoms with Gasteiger partial charge in [-0.25, -0.2) is 4.79 Å². The van der Waals surface area contributed by atoms with Crippen molar-refractivity contribution in [2.24, 2.45) is 0 Å². The first-order chi connectivity index (χ1) is 9.66. The minimum Gasteiger partial charge on any atom is -0.479 e. The molecule has 20 heavy (non-hydrogen) atoms. The molecule has 0 bridgehead atoms. The van der Waals surface area contributed by atoms with Gasteiger partial charge < -0.3 is 10.4 Å². The standard InChI is InChI=1S/C14H12N2O3S/c17-12(6-5-10-3-1-7-15-9-10)16-13(14(18)19)11-4-2-8-20-11/h1-9,13H,(H,16,17)(H,18,19)/b6-5+. The average molecular weight is 288 g/mol. The van der Waals surface area contributed by atoms with E-state index in [4.69, 9.17) is 5.11 Å². The summed E-state index contributed by atoms with van der Waals surface area (Å²) in [6, 6.07) is 5.94. The predicted octanol–water partition coefficient (Wildman–Crippen LogP) is 2.10. The van der Waals surface area contributed by atoms with Crippen molar-refractivity contribution in [2.45, 2.75) is 6.04 Å². The molecule has 102 valence electrons. The summed E-state index contributed by atoms with van der Waals surface area (Å²) in [5, 5.41) is 13.4. The van der Waals surface area contributed by atoms with E-state index >= 15 is 0 Å². The van der Waals surface area contributed by atoms with Gasteiger partial charge in [0.1, 0.15) is 0 Å². The Hall–Kier alpha value is -2.47. The first-order valence-corrected chi connectivity index (χ1v) is 6.69. The number of aliphatic carboxylic acids is 1. The molecule has 0 spiro atoms. The third kappa shape index (κ3) is 3.76. The minimum atomic E-state index is -1.09. The number of pyridine rings is 1. The first kappa shape index (κ1) is 14.0. The van der Waals surface area contributed by atoms with E-state index in [0.717, 1.165) is 5.56 Å². The van der Waals surface area contributed by atoms with Gasteiger partial charge in [-0.3, -0.25) is 9.78 Å². The Morgan fingerprint density at radius 2 is 2.20 bits per heavy atom. The molecule has 2 aromatic heterocycles. The largest absolute Gasteiger partial charge is 0.479 e. The Morgan fingerprint density at radius 1 is 1.35 bits per heavy atom. The summed E-state index contributed by atoms with van der Waals surface area (Å²) in [4.78, 5) is 27.4. The topological polar surface area (TPSA) is 79.3 Å². The van der Waals surface area contributed by atoms with Gasteiger partial charge in [0.2, 0.25) is 5.91 Å². The highest BCUT2D eigenvalue weighted by Gasteiger charge is 2.21. The molecule has 2 aromatic rings. The summed E-state index contributed by atoms with van der Waals surface area (Å²) in [5.74, 6) is -1.55. The summed E-state index contributed by atoms with van der Waals surface area (Å²) >= 11 is 1.29. The van der Waals surface area contributed by atoms with Crippen LogP contribution in [0.4, 0.5) is 0 Å². The Labute approximate surface area is 119 Å². The van der Waals surface area contributed by atoms with Crippen LogP contribution < -0.4 is 5.32 Å². The highest BCUT2D eigenvalue weighted by molar-refractivity contribution is 7.10. The molecule has 0 aliphatic rings. The number of aromatic nitrogens is 1. The molecule has 5 nitrogen and oxygen atoms in total. The molecule has 1 atom stereocenters. The lowest BCUT2D eigenvalue weighted by Gasteiger charge is -2.10. The number of hydrogen-bond acceptors (Lipinski definition) is 4. The van der Waals surface area contributed by atoms with Crippen molar-refractivity contribution in [3.8, 4) is 0 Å². The molecule has 0 radical (unpaired) electrons. The summed E-state index contributed by atoms with van der Waals surface area (Å²) in [5.41, 5.74) is 0.769. The van der Waals surface area contributed by atoms with Gasteiger partial charge in [0.15, 0.2) is 6.04 Å². The fraction of sp³-hybridized carbons (Fsp3) is 0.0714. The van der Waals surface area contributed by atoms with Crippen LogP contribution in [0.1, 0.15) is 16.5 Å². The SMILES string of the molecule is O=C(/C=C/c1cccnc1)NC(C(=O)O)c1cccs1. The monoisotopic (exact) mass is 288 g/mol. The molecule has 0 aliphatic heterocycles. The summed E-state index contributed by atoms with van der Waals surface area (Å²) in [6.07, 6.45) is 6.11. The molecule has 2 N–H and O–H groups in total. The van der Waals surface area contributed by atoms with Crippen molar-refractivity contribution in [1.82, 2.24) is 10.3 Å². The Morgan fingerprint density at radius 3 is 2.80 bits per heavy atom. The quantitative estimate of drug-likeness (QED) is 0.826. The molecule has 2 heterocycles. The van der Waals surface area contributed by atoms with Crippen molar-refractivity contribution in [1.29, 1.82) is 0 Å². The lowest BCUT2D eigenvalue weighted by molar-refractivity contribution is -0.141. The van der Waals surface area contributed by atoms with Crippen LogP contribution in [0.25, 0.3) is 6.08 Å². The molecule has 0 aromatic carbocycles. The van der Waals surface area contributed by atoms with Crippen molar-refractivity contribution in [3.05, 3.63) is 58.6 Å². The number of thiophene rings is 1. The number of carboxylic acid groups (broad SMARTS) is 1. The van der Waals surface area contributed by atoms with E-state index in [0.29, 0.717) is 4.88 Å². The molecule has 2 rings (SSSR count). The summed E-state index contributed by atoms with van der Waals surface area (Å²) < 4.78 is 0. The van der Waals surface area contributed by atoms with Gasteiger partial charge in [-0.15, -0.1) is 11.3 Å². The van der Waals surface area contributed by atoms with Crippen LogP contribution in [0.15, 0.2) is 48.1 Å². The van der Waals surface area contributed by atoms with Crippen LogP contribution in [0.5, 0.6) is 0 Å². The maximum absolute atomic E-state index is 11.7. The Kier molecular flexibility index (Phi) is 4.62. The van der Waals surface area contributed by atoms with Crippen LogP contribution >= 0.6 is 11.3 Å². The maximum atomic E-state index is 11.7. The average Bonchev–Trinajstić information content (AvgIpc) is 2.97. The van der Waals surface area contributed by atoms with Gasteiger partial charge in [0.05, 0.1) is 0 Å².